The van der Waals surface area contributed by atoms with Crippen LogP contribution < -0.4 is 9.47 Å². The maximum Gasteiger partial charge on any atom is 0.381 e. The van der Waals surface area contributed by atoms with E-state index in [0.717, 1.165) is 97.2 Å². The number of para-hydroxylation sites is 5. The zero-order valence-electron chi connectivity index (χ0n) is 82.9. The molecule has 0 spiro atoms. The van der Waals surface area contributed by atoms with E-state index in [4.69, 9.17) is 20.2 Å². The molecule has 0 unspecified atom stereocenters. The van der Waals surface area contributed by atoms with Crippen molar-refractivity contribution in [1.82, 2.24) is 29.9 Å². The Morgan fingerprint density at radius 3 is 1.43 bits per heavy atom. The number of ketones is 2. The molecule has 14 nitrogen and oxygen atoms in total. The zero-order chi connectivity index (χ0) is 101. The van der Waals surface area contributed by atoms with Gasteiger partial charge in [0.2, 0.25) is 5.69 Å². The minimum atomic E-state index is -4.34. The zero-order valence-corrected chi connectivity index (χ0v) is 92.3. The molecule has 0 bridgehead atoms. The van der Waals surface area contributed by atoms with Crippen molar-refractivity contribution in [3.63, 3.8) is 0 Å². The molecule has 0 fully saturated rings. The largest absolute Gasteiger partial charge is 0.512 e. The van der Waals surface area contributed by atoms with Gasteiger partial charge in [-0.15, -0.1) is 137 Å². The normalized spacial score (nSPS) is 11.5. The number of aliphatic hydroxyl groups excluding tert-OH is 2. The summed E-state index contributed by atoms with van der Waals surface area (Å²) in [5.41, 5.74) is 25.1. The molecule has 0 saturated heterocycles. The summed E-state index contributed by atoms with van der Waals surface area (Å²) in [4.78, 5) is 50.0. The molecule has 3 radical (unpaired) electrons. The number of alkyl halides is 3. The second-order valence-electron chi connectivity index (χ2n) is 36.8. The average molecular weight is 2670 g/mol. The van der Waals surface area contributed by atoms with Crippen LogP contribution in [-0.4, -0.2) is 61.9 Å². The number of hydrogen-bond donors (Lipinski definition) is 4. The smallest absolute Gasteiger partial charge is 0.381 e. The van der Waals surface area contributed by atoms with Crippen LogP contribution in [0.3, 0.4) is 0 Å². The molecule has 12 aromatic carbocycles. The van der Waals surface area contributed by atoms with E-state index < -0.39 is 11.7 Å². The van der Waals surface area contributed by atoms with Gasteiger partial charge >= 0.3 is 6.18 Å². The first-order chi connectivity index (χ1) is 68.1. The third kappa shape index (κ3) is 30.5. The number of aryl methyl sites for hydroxylation is 1. The number of benzene rings is 12. The van der Waals surface area contributed by atoms with Crippen molar-refractivity contribution in [2.75, 3.05) is 4.90 Å². The molecular formula is C126H114F3Ir3N8O6Pt-3. The number of pyridine rings is 7. The van der Waals surface area contributed by atoms with Crippen LogP contribution in [0.25, 0.3) is 123 Å². The molecular weight excluding hydrogens is 2550 g/mol. The summed E-state index contributed by atoms with van der Waals surface area (Å²) in [6.45, 7) is 26.2. The number of phenols is 2. The van der Waals surface area contributed by atoms with Crippen LogP contribution in [0.15, 0.2) is 406 Å². The molecule has 1 aliphatic carbocycles. The fraction of sp³-hybridized carbons (Fsp3) is 0.151. The number of aromatic hydroxyl groups is 2. The summed E-state index contributed by atoms with van der Waals surface area (Å²) in [5.74, 6) is 0.261. The predicted octanol–water partition coefficient (Wildman–Crippen LogP) is 31.3. The first-order valence-corrected chi connectivity index (χ1v) is 46.6. The monoisotopic (exact) mass is 2670 g/mol. The van der Waals surface area contributed by atoms with Crippen LogP contribution in [-0.2, 0) is 120 Å². The number of anilines is 3. The molecule has 755 valence electrons. The van der Waals surface area contributed by atoms with Gasteiger partial charge in [-0.3, -0.25) is 14.6 Å². The van der Waals surface area contributed by atoms with E-state index >= 15 is 0 Å². The SMILES string of the molecule is C.CC(=O)C=C(C)O.CC(=O)C=C(C)O.CC(C)(C)c1cc(-c2cc(C(C)(C)C)cc(-c3ccccc3O)n2)nc(-c2ccccc2O)c1.CC1(C)c2ccc[c-]c2-c2nccc3cccc1c23.Cc1ccc(-c2[c-]cccc2)nc1.FC(F)(F)c1c[c-]c(-c2ccc3ccccc3n2)cc1.[Ir].[Ir].[Ir].[Pt].[c-]1ccccc1-c1nccc2ccccc12.c1ccc(N(c2ccccc2)c2cc[n+]3c(c2)-c2ccccc2C3)cc1. The number of rotatable bonds is 11. The summed E-state index contributed by atoms with van der Waals surface area (Å²) in [5, 5.41) is 43.7. The number of nitrogens with zero attached hydrogens (tertiary/aromatic N) is 8. The molecule has 21 rings (SSSR count). The number of fused-ring (bicyclic) bond motifs is 7. The molecule has 0 amide bonds. The number of aliphatic hydroxyl groups is 2. The summed E-state index contributed by atoms with van der Waals surface area (Å²) >= 11 is 0. The minimum Gasteiger partial charge on any atom is -0.512 e. The Kier molecular flexibility index (Phi) is 42.1. The van der Waals surface area contributed by atoms with Crippen molar-refractivity contribution in [2.24, 2.45) is 0 Å². The molecule has 21 heteroatoms. The Labute approximate surface area is 914 Å². The molecule has 1 aliphatic heterocycles. The van der Waals surface area contributed by atoms with Gasteiger partial charge < -0.3 is 40.3 Å². The van der Waals surface area contributed by atoms with Crippen LogP contribution in [0.4, 0.5) is 30.2 Å². The van der Waals surface area contributed by atoms with E-state index in [9.17, 15) is 33.0 Å². The Morgan fingerprint density at radius 2 is 0.905 bits per heavy atom. The Bertz CT molecular complexity index is 7510. The third-order valence-electron chi connectivity index (χ3n) is 23.5. The molecule has 7 aromatic heterocycles. The van der Waals surface area contributed by atoms with Crippen molar-refractivity contribution in [1.29, 1.82) is 0 Å². The number of halogens is 3. The van der Waals surface area contributed by atoms with Crippen LogP contribution in [0, 0.1) is 31.2 Å². The van der Waals surface area contributed by atoms with Crippen molar-refractivity contribution >= 4 is 61.1 Å². The molecule has 0 saturated carbocycles. The van der Waals surface area contributed by atoms with E-state index in [0.29, 0.717) is 33.8 Å². The van der Waals surface area contributed by atoms with E-state index in [2.05, 4.69) is 279 Å². The first-order valence-electron chi connectivity index (χ1n) is 46.6. The average Bonchev–Trinajstić information content (AvgIpc) is 1.02. The number of carbonyl (C=O) groups is 2. The van der Waals surface area contributed by atoms with Crippen molar-refractivity contribution in [3.05, 3.63) is 470 Å². The van der Waals surface area contributed by atoms with Gasteiger partial charge in [-0.25, -0.2) is 9.97 Å². The van der Waals surface area contributed by atoms with Crippen LogP contribution in [0.5, 0.6) is 11.5 Å². The second kappa shape index (κ2) is 53.2. The Hall–Kier alpha value is -14.3. The number of allylic oxidation sites excluding steroid dienone is 4. The maximum absolute atomic E-state index is 12.5. The van der Waals surface area contributed by atoms with E-state index in [1.165, 1.54) is 107 Å². The molecule has 4 N–H and O–H groups in total. The molecule has 19 aromatic rings. The topological polar surface area (TPSA) is 200 Å². The summed E-state index contributed by atoms with van der Waals surface area (Å²) in [6.07, 6.45) is 5.80. The summed E-state index contributed by atoms with van der Waals surface area (Å²) < 4.78 is 39.8. The molecule has 2 aliphatic rings. The van der Waals surface area contributed by atoms with Gasteiger partial charge in [0.05, 0.1) is 51.1 Å². The Morgan fingerprint density at radius 1 is 0.422 bits per heavy atom. The number of hydrogen-bond acceptors (Lipinski definition) is 13. The van der Waals surface area contributed by atoms with Crippen molar-refractivity contribution in [3.8, 4) is 102 Å². The molecule has 0 atom stereocenters. The van der Waals surface area contributed by atoms with Crippen molar-refractivity contribution < 1.29 is 129 Å². The number of phenolic OH excluding ortho intramolecular Hbond substituents is 2. The fourth-order valence-electron chi connectivity index (χ4n) is 16.4. The van der Waals surface area contributed by atoms with Gasteiger partial charge in [-0.1, -0.05) is 227 Å². The first kappa shape index (κ1) is 116. The quantitative estimate of drug-likeness (QED) is 0.0413. The van der Waals surface area contributed by atoms with Crippen LogP contribution >= 0.6 is 0 Å². The van der Waals surface area contributed by atoms with Gasteiger partial charge in [0.15, 0.2) is 24.3 Å². The maximum atomic E-state index is 12.5. The second-order valence-corrected chi connectivity index (χ2v) is 36.8. The number of aromatic nitrogens is 7. The van der Waals surface area contributed by atoms with Crippen LogP contribution in [0.1, 0.15) is 129 Å². The predicted molar refractivity (Wildman–Crippen MR) is 574 cm³/mol. The minimum absolute atomic E-state index is 0. The van der Waals surface area contributed by atoms with Gasteiger partial charge in [0.25, 0.3) is 0 Å². The number of carbonyl (C=O) groups excluding carboxylic acids is 2. The fourth-order valence-corrected chi connectivity index (χ4v) is 16.4. The van der Waals surface area contributed by atoms with E-state index in [-0.39, 0.29) is 140 Å². The standard InChI is InChI=1S/C30H32N2O2.C24H19N2.C18H14N.C16H9F3N.C15H10N.C12H10N.2C5H8O2.CH4.3Ir.Pt/c1-29(2,3)19-15-23(21-11-7-9-13-27(21)33)31-25(17-19)26-18-20(30(4,5)6)16-24(32-26)22-12-8-10-14-28(22)34;1-3-10-20(11-4-1)26(21-12-5-2-6-13-21)22-15-16-25-18-19-9-7-8-14-23(19)24(25)17-22;1-18(2)14-8-4-3-7-13(14)17-16-12(10-11-19-17)6-5-9-15(16)18;17-16(18,19)13-8-5-12(6-9-13)15-10-7-11-3-1-2-4-14(11)20-15;1-2-7-13(8-3-1)15-14-9-5-4-6-12(14)10-11-16-15;1-10-7-8-12(13-9-10)11-5-3-2-4-6-11;2*1-4(6)3-5(2)7;;;;;/h7-18,33-34H,1-6H3;1-17H,18H2;3-6,8-11H,1-2H3;1-5,7-10H;1-7,9-11H;2-5,7-9H,1H3;2*3,6H,1-2H3;1H4;;;;/q;+1;4*-1;;;;;;;. The third-order valence-corrected chi connectivity index (χ3v) is 23.5. The molecule has 147 heavy (non-hydrogen) atoms. The van der Waals surface area contributed by atoms with Crippen molar-refractivity contribution in [2.45, 2.75) is 126 Å². The Balaban J connectivity index is 0.000000193. The summed E-state index contributed by atoms with van der Waals surface area (Å²) in [7, 11) is 0. The van der Waals surface area contributed by atoms with Gasteiger partial charge in [-0.05, 0) is 225 Å². The molecule has 8 heterocycles. The summed E-state index contributed by atoms with van der Waals surface area (Å²) in [6, 6.07) is 129. The van der Waals surface area contributed by atoms with Gasteiger partial charge in [0, 0.05) is 152 Å². The van der Waals surface area contributed by atoms with Gasteiger partial charge in [-0.2, -0.15) is 17.7 Å². The van der Waals surface area contributed by atoms with E-state index in [1.54, 1.807) is 30.3 Å². The van der Waals surface area contributed by atoms with Gasteiger partial charge in [0.1, 0.15) is 11.5 Å². The van der Waals surface area contributed by atoms with E-state index in [1.807, 2.05) is 171 Å². The van der Waals surface area contributed by atoms with Crippen LogP contribution in [0.2, 0.25) is 0 Å².